The smallest absolute Gasteiger partial charge is 0.387 e. The van der Waals surface area contributed by atoms with Gasteiger partial charge in [0.05, 0.1) is 39.9 Å². The third kappa shape index (κ3) is 68.7. The van der Waals surface area contributed by atoms with Crippen LogP contribution in [0.1, 0.15) is 412 Å². The Balaban J connectivity index is 3.97. The van der Waals surface area contributed by atoms with Gasteiger partial charge in [-0.2, -0.15) is 0 Å². The molecule has 0 aromatic heterocycles. The van der Waals surface area contributed by atoms with Gasteiger partial charge in [0.15, 0.2) is 0 Å². The summed E-state index contributed by atoms with van der Waals surface area (Å²) in [5, 5.41) is 14.0. The molecule has 0 rings (SSSR count). The van der Waals surface area contributed by atoms with Crippen molar-refractivity contribution in [1.82, 2.24) is 5.32 Å². The number of phosphoric ester groups is 1. The molecule has 0 saturated heterocycles. The van der Waals surface area contributed by atoms with E-state index in [0.29, 0.717) is 17.4 Å². The Morgan fingerprint density at radius 3 is 0.881 bits per heavy atom. The standard InChI is InChI=1S/C75H151N2O6P/c1-6-8-10-12-14-16-18-20-22-24-26-28-30-32-34-36-38-40-42-44-46-48-50-52-54-56-58-60-62-64-66-68-74(78)73(72-83-84(80,81)82-71-70-77(3,4)5)76-75(79)69-67-65-63-61-59-57-55-53-51-49-47-45-43-41-39-37-35-33-31-29-27-25-23-21-19-17-15-13-11-9-7-2/h66,68,73-74,78H,6-65,67,69-72H2,1-5H3,(H-,76,79,80,81)/p+1/b68-66+. The van der Waals surface area contributed by atoms with E-state index >= 15 is 0 Å². The van der Waals surface area contributed by atoms with Gasteiger partial charge in [-0.1, -0.05) is 398 Å². The van der Waals surface area contributed by atoms with Crippen LogP contribution in [0.15, 0.2) is 12.2 Å². The van der Waals surface area contributed by atoms with Gasteiger partial charge in [-0.05, 0) is 19.3 Å². The number of nitrogens with one attached hydrogen (secondary N) is 1. The van der Waals surface area contributed by atoms with Crippen LogP contribution in [-0.4, -0.2) is 73.4 Å². The largest absolute Gasteiger partial charge is 0.472 e. The lowest BCUT2D eigenvalue weighted by molar-refractivity contribution is -0.870. The monoisotopic (exact) mass is 1210 g/mol. The zero-order valence-corrected chi connectivity index (χ0v) is 58.6. The Morgan fingerprint density at radius 1 is 0.393 bits per heavy atom. The van der Waals surface area contributed by atoms with Crippen LogP contribution in [0.3, 0.4) is 0 Å². The second kappa shape index (κ2) is 66.7. The molecule has 0 radical (unpaired) electrons. The highest BCUT2D eigenvalue weighted by atomic mass is 31.2. The van der Waals surface area contributed by atoms with Crippen LogP contribution in [-0.2, 0) is 18.4 Å². The molecule has 0 fully saturated rings. The molecule has 3 unspecified atom stereocenters. The van der Waals surface area contributed by atoms with E-state index in [-0.39, 0.29) is 19.1 Å². The van der Waals surface area contributed by atoms with E-state index in [1.165, 1.54) is 360 Å². The fraction of sp³-hybridized carbons (Fsp3) is 0.960. The Labute approximate surface area is 526 Å². The van der Waals surface area contributed by atoms with E-state index in [2.05, 4.69) is 19.2 Å². The molecular weight excluding hydrogens is 1060 g/mol. The molecular formula is C75H152N2O6P+. The van der Waals surface area contributed by atoms with E-state index in [0.717, 1.165) is 32.1 Å². The Kier molecular flexibility index (Phi) is 66.1. The first-order chi connectivity index (χ1) is 41.0. The number of unbranched alkanes of at least 4 members (excludes halogenated alkanes) is 59. The van der Waals surface area contributed by atoms with Crippen molar-refractivity contribution in [2.24, 2.45) is 0 Å². The van der Waals surface area contributed by atoms with Crippen molar-refractivity contribution in [3.63, 3.8) is 0 Å². The zero-order valence-electron chi connectivity index (χ0n) is 57.7. The van der Waals surface area contributed by atoms with Gasteiger partial charge in [-0.15, -0.1) is 0 Å². The lowest BCUT2D eigenvalue weighted by Crippen LogP contribution is -2.45. The highest BCUT2D eigenvalue weighted by Crippen LogP contribution is 2.43. The predicted octanol–water partition coefficient (Wildman–Crippen LogP) is 24.5. The molecule has 0 aromatic rings. The molecule has 0 saturated carbocycles. The molecule has 8 nitrogen and oxygen atoms in total. The number of aliphatic hydroxyl groups is 1. The second-order valence-electron chi connectivity index (χ2n) is 27.7. The number of quaternary nitrogens is 1. The maximum Gasteiger partial charge on any atom is 0.472 e. The first kappa shape index (κ1) is 83.2. The van der Waals surface area contributed by atoms with Crippen molar-refractivity contribution in [3.05, 3.63) is 12.2 Å². The van der Waals surface area contributed by atoms with Gasteiger partial charge < -0.3 is 19.8 Å². The molecule has 0 aliphatic rings. The highest BCUT2D eigenvalue weighted by molar-refractivity contribution is 7.47. The Hall–Kier alpha value is -0.760. The van der Waals surface area contributed by atoms with Crippen molar-refractivity contribution in [2.45, 2.75) is 424 Å². The van der Waals surface area contributed by atoms with Gasteiger partial charge in [-0.3, -0.25) is 13.8 Å². The number of aliphatic hydroxyl groups excluding tert-OH is 1. The van der Waals surface area contributed by atoms with Crippen LogP contribution in [0.25, 0.3) is 0 Å². The molecule has 0 aliphatic heterocycles. The molecule has 502 valence electrons. The molecule has 0 bridgehead atoms. The normalized spacial score (nSPS) is 13.6. The summed E-state index contributed by atoms with van der Waals surface area (Å²) >= 11 is 0. The summed E-state index contributed by atoms with van der Waals surface area (Å²) in [6.45, 7) is 4.90. The number of carbonyl (C=O) groups excluding carboxylic acids is 1. The van der Waals surface area contributed by atoms with E-state index in [4.69, 9.17) is 9.05 Å². The summed E-state index contributed by atoms with van der Waals surface area (Å²) in [6, 6.07) is -0.844. The van der Waals surface area contributed by atoms with Crippen LogP contribution >= 0.6 is 7.82 Å². The van der Waals surface area contributed by atoms with E-state index in [1.54, 1.807) is 6.08 Å². The van der Waals surface area contributed by atoms with Crippen LogP contribution in [0, 0.1) is 0 Å². The Bertz CT molecular complexity index is 1370. The van der Waals surface area contributed by atoms with E-state index < -0.39 is 20.0 Å². The van der Waals surface area contributed by atoms with Crippen molar-refractivity contribution in [1.29, 1.82) is 0 Å². The molecule has 3 N–H and O–H groups in total. The third-order valence-corrected chi connectivity index (χ3v) is 19.0. The number of phosphoric acid groups is 1. The third-order valence-electron chi connectivity index (χ3n) is 18.0. The molecule has 0 heterocycles. The molecule has 0 spiro atoms. The summed E-state index contributed by atoms with van der Waals surface area (Å²) < 4.78 is 23.9. The summed E-state index contributed by atoms with van der Waals surface area (Å²) in [4.78, 5) is 23.5. The summed E-state index contributed by atoms with van der Waals surface area (Å²) in [5.41, 5.74) is 0. The maximum atomic E-state index is 13.1. The van der Waals surface area contributed by atoms with Crippen molar-refractivity contribution in [2.75, 3.05) is 40.9 Å². The van der Waals surface area contributed by atoms with Gasteiger partial charge in [0.2, 0.25) is 5.91 Å². The van der Waals surface area contributed by atoms with Crippen molar-refractivity contribution in [3.8, 4) is 0 Å². The number of allylic oxidation sites excluding steroid dienone is 1. The van der Waals surface area contributed by atoms with Crippen molar-refractivity contribution >= 4 is 13.7 Å². The topological polar surface area (TPSA) is 105 Å². The number of hydrogen-bond acceptors (Lipinski definition) is 5. The summed E-state index contributed by atoms with van der Waals surface area (Å²) in [7, 11) is 1.60. The highest BCUT2D eigenvalue weighted by Gasteiger charge is 2.28. The fourth-order valence-electron chi connectivity index (χ4n) is 12.1. The first-order valence-electron chi connectivity index (χ1n) is 38.1. The molecule has 0 aliphatic carbocycles. The minimum absolute atomic E-state index is 0.0656. The van der Waals surface area contributed by atoms with Crippen molar-refractivity contribution < 1.29 is 32.9 Å². The molecule has 1 amide bonds. The fourth-order valence-corrected chi connectivity index (χ4v) is 12.8. The minimum Gasteiger partial charge on any atom is -0.387 e. The lowest BCUT2D eigenvalue weighted by Gasteiger charge is -2.25. The van der Waals surface area contributed by atoms with Crippen LogP contribution < -0.4 is 5.32 Å². The summed E-state index contributed by atoms with van der Waals surface area (Å²) in [5.74, 6) is -0.166. The van der Waals surface area contributed by atoms with Crippen LogP contribution in [0.5, 0.6) is 0 Å². The zero-order chi connectivity index (χ0) is 61.2. The minimum atomic E-state index is -4.35. The van der Waals surface area contributed by atoms with Gasteiger partial charge in [-0.25, -0.2) is 4.57 Å². The number of nitrogens with zero attached hydrogens (tertiary/aromatic N) is 1. The van der Waals surface area contributed by atoms with Gasteiger partial charge >= 0.3 is 7.82 Å². The van der Waals surface area contributed by atoms with Gasteiger partial charge in [0, 0.05) is 6.42 Å². The van der Waals surface area contributed by atoms with Crippen LogP contribution in [0.4, 0.5) is 0 Å². The molecule has 3 atom stereocenters. The predicted molar refractivity (Wildman–Crippen MR) is 369 cm³/mol. The van der Waals surface area contributed by atoms with Gasteiger partial charge in [0.1, 0.15) is 13.2 Å². The van der Waals surface area contributed by atoms with Crippen LogP contribution in [0.2, 0.25) is 0 Å². The van der Waals surface area contributed by atoms with Gasteiger partial charge in [0.25, 0.3) is 0 Å². The maximum absolute atomic E-state index is 13.1. The number of likely N-dealkylation sites (N-methyl/N-ethyl adjacent to an activating group) is 1. The average molecular weight is 1210 g/mol. The quantitative estimate of drug-likeness (QED) is 0.0243. The second-order valence-corrected chi connectivity index (χ2v) is 29.2. The molecule has 9 heteroatoms. The Morgan fingerprint density at radius 2 is 0.631 bits per heavy atom. The first-order valence-corrected chi connectivity index (χ1v) is 39.6. The number of rotatable bonds is 72. The van der Waals surface area contributed by atoms with E-state index in [9.17, 15) is 19.4 Å². The molecule has 0 aromatic carbocycles. The number of hydrogen-bond donors (Lipinski definition) is 3. The summed E-state index contributed by atoms with van der Waals surface area (Å²) in [6.07, 6.45) is 86.8. The average Bonchev–Trinajstić information content (AvgIpc) is 3.56. The number of carbonyl (C=O) groups is 1. The SMILES string of the molecule is CCCCCCCCCCCCCCCCCCCCCCCCCCCCCCC/C=C/C(O)C(COP(=O)(O)OCC[N+](C)(C)C)NC(=O)CCCCCCCCCCCCCCCCCCCCCCCCCCCCCCCCC. The number of amides is 1. The lowest BCUT2D eigenvalue weighted by atomic mass is 10.0. The molecule has 84 heavy (non-hydrogen) atoms. The van der Waals surface area contributed by atoms with E-state index in [1.807, 2.05) is 27.2 Å².